The van der Waals surface area contributed by atoms with Crippen molar-refractivity contribution in [1.82, 2.24) is 4.98 Å². The van der Waals surface area contributed by atoms with Crippen LogP contribution in [-0.4, -0.2) is 9.91 Å². The summed E-state index contributed by atoms with van der Waals surface area (Å²) in [4.78, 5) is 12.6. The topological polar surface area (TPSA) is 79.8 Å². The van der Waals surface area contributed by atoms with Gasteiger partial charge in [-0.1, -0.05) is 0 Å². The van der Waals surface area contributed by atoms with E-state index in [2.05, 4.69) is 4.98 Å². The summed E-state index contributed by atoms with van der Waals surface area (Å²) in [5, 5.41) is 18.8. The van der Waals surface area contributed by atoms with Crippen LogP contribution in [0.25, 0.3) is 0 Å². The van der Waals surface area contributed by atoms with Crippen molar-refractivity contribution in [1.29, 1.82) is 5.26 Å². The maximum Gasteiger partial charge on any atom is 0.418 e. The van der Waals surface area contributed by atoms with Crippen LogP contribution in [0.5, 0.6) is 0 Å². The van der Waals surface area contributed by atoms with E-state index in [1.807, 2.05) is 0 Å². The lowest BCUT2D eigenvalue weighted by Gasteiger charge is -2.09. The Bertz CT molecular complexity index is 465. The number of hydrogen-bond donors (Lipinski definition) is 0. The maximum absolute atomic E-state index is 12.4. The summed E-state index contributed by atoms with van der Waals surface area (Å²) < 4.78 is 37.3. The third-order valence-electron chi connectivity index (χ3n) is 1.79. The molecule has 1 rings (SSSR count). The van der Waals surface area contributed by atoms with Crippen LogP contribution < -0.4 is 0 Å². The fourth-order valence-corrected chi connectivity index (χ4v) is 1.14. The molecule has 0 aliphatic rings. The molecule has 8 heteroatoms. The molecule has 0 saturated carbocycles. The molecule has 0 aliphatic carbocycles. The minimum atomic E-state index is -4.76. The average Bonchev–Trinajstić information content (AvgIpc) is 2.16. The predicted octanol–water partition coefficient (Wildman–Crippen LogP) is 2.07. The quantitative estimate of drug-likeness (QED) is 0.576. The highest BCUT2D eigenvalue weighted by molar-refractivity contribution is 5.45. The molecule has 84 valence electrons. The molecule has 1 aromatic rings. The van der Waals surface area contributed by atoms with E-state index in [1.165, 1.54) is 6.07 Å². The Kier molecular flexibility index (Phi) is 3.08. The summed E-state index contributed by atoms with van der Waals surface area (Å²) in [6, 6.07) is 1.46. The van der Waals surface area contributed by atoms with Gasteiger partial charge in [0.25, 0.3) is 5.69 Å². The molecule has 1 heterocycles. The number of halogens is 3. The van der Waals surface area contributed by atoms with Gasteiger partial charge in [-0.25, -0.2) is 0 Å². The average molecular weight is 231 g/mol. The summed E-state index contributed by atoms with van der Waals surface area (Å²) in [7, 11) is 0. The molecule has 16 heavy (non-hydrogen) atoms. The number of nitriles is 1. The van der Waals surface area contributed by atoms with Crippen molar-refractivity contribution >= 4 is 5.69 Å². The first-order chi connectivity index (χ1) is 7.38. The second-order valence-corrected chi connectivity index (χ2v) is 2.77. The summed E-state index contributed by atoms with van der Waals surface area (Å²) in [5.41, 5.74) is -2.70. The van der Waals surface area contributed by atoms with Gasteiger partial charge < -0.3 is 0 Å². The van der Waals surface area contributed by atoms with E-state index in [4.69, 9.17) is 5.26 Å². The Morgan fingerprint density at radius 3 is 2.56 bits per heavy atom. The Labute approximate surface area is 87.3 Å². The van der Waals surface area contributed by atoms with Gasteiger partial charge in [-0.05, 0) is 0 Å². The molecule has 0 bridgehead atoms. The molecular weight excluding hydrogens is 227 g/mol. The number of aromatic nitrogens is 1. The molecule has 0 aromatic carbocycles. The van der Waals surface area contributed by atoms with Crippen LogP contribution >= 0.6 is 0 Å². The van der Waals surface area contributed by atoms with E-state index >= 15 is 0 Å². The monoisotopic (exact) mass is 231 g/mol. The first kappa shape index (κ1) is 11.9. The number of nitro groups is 1. The first-order valence-corrected chi connectivity index (χ1v) is 3.93. The number of nitrogens with zero attached hydrogens (tertiary/aromatic N) is 3. The zero-order valence-electron chi connectivity index (χ0n) is 7.65. The fraction of sp³-hybridized carbons (Fsp3) is 0.250. The standard InChI is InChI=1S/C8H4F3N3O2/c9-8(10,11)6-3-13-4-7(14(15)16)5(6)1-2-12/h3-4H,1H2. The van der Waals surface area contributed by atoms with Crippen LogP contribution in [0.1, 0.15) is 11.1 Å². The van der Waals surface area contributed by atoms with Gasteiger partial charge >= 0.3 is 6.18 Å². The largest absolute Gasteiger partial charge is 0.418 e. The van der Waals surface area contributed by atoms with E-state index in [-0.39, 0.29) is 0 Å². The number of alkyl halides is 3. The highest BCUT2D eigenvalue weighted by atomic mass is 19.4. The highest BCUT2D eigenvalue weighted by Crippen LogP contribution is 2.35. The van der Waals surface area contributed by atoms with E-state index in [0.717, 1.165) is 0 Å². The van der Waals surface area contributed by atoms with E-state index in [1.54, 1.807) is 0 Å². The summed E-state index contributed by atoms with van der Waals surface area (Å²) in [6.45, 7) is 0. The molecule has 0 amide bonds. The lowest BCUT2D eigenvalue weighted by atomic mass is 10.1. The summed E-state index contributed by atoms with van der Waals surface area (Å²) >= 11 is 0. The third-order valence-corrected chi connectivity index (χ3v) is 1.79. The van der Waals surface area contributed by atoms with Crippen LogP contribution in [0.4, 0.5) is 18.9 Å². The van der Waals surface area contributed by atoms with Crippen molar-refractivity contribution < 1.29 is 18.1 Å². The Morgan fingerprint density at radius 1 is 1.50 bits per heavy atom. The predicted molar refractivity (Wildman–Crippen MR) is 45.2 cm³/mol. The lowest BCUT2D eigenvalue weighted by Crippen LogP contribution is -2.11. The molecule has 0 fully saturated rings. The number of rotatable bonds is 2. The van der Waals surface area contributed by atoms with Crippen LogP contribution in [0.15, 0.2) is 12.4 Å². The fourth-order valence-electron chi connectivity index (χ4n) is 1.14. The van der Waals surface area contributed by atoms with Gasteiger partial charge in [0.15, 0.2) is 0 Å². The van der Waals surface area contributed by atoms with Gasteiger partial charge in [-0.15, -0.1) is 0 Å². The molecule has 0 spiro atoms. The van der Waals surface area contributed by atoms with E-state index in [9.17, 15) is 23.3 Å². The van der Waals surface area contributed by atoms with Crippen molar-refractivity contribution in [3.05, 3.63) is 33.6 Å². The number of pyridine rings is 1. The van der Waals surface area contributed by atoms with Crippen molar-refractivity contribution in [2.24, 2.45) is 0 Å². The molecule has 0 radical (unpaired) electrons. The zero-order chi connectivity index (χ0) is 12.3. The smallest absolute Gasteiger partial charge is 0.258 e. The Balaban J connectivity index is 3.46. The molecule has 0 saturated heterocycles. The number of hydrogen-bond acceptors (Lipinski definition) is 4. The summed E-state index contributed by atoms with van der Waals surface area (Å²) in [6.07, 6.45) is -4.28. The van der Waals surface area contributed by atoms with Crippen LogP contribution in [-0.2, 0) is 12.6 Å². The van der Waals surface area contributed by atoms with Crippen molar-refractivity contribution in [3.63, 3.8) is 0 Å². The SMILES string of the molecule is N#CCc1c([N+](=O)[O-])cncc1C(F)(F)F. The van der Waals surface area contributed by atoms with Gasteiger partial charge in [0.2, 0.25) is 0 Å². The molecule has 5 nitrogen and oxygen atoms in total. The van der Waals surface area contributed by atoms with Crippen molar-refractivity contribution in [2.75, 3.05) is 0 Å². The van der Waals surface area contributed by atoms with Gasteiger partial charge in [-0.3, -0.25) is 15.1 Å². The minimum Gasteiger partial charge on any atom is -0.258 e. The third kappa shape index (κ3) is 2.25. The second-order valence-electron chi connectivity index (χ2n) is 2.77. The molecule has 0 atom stereocenters. The molecule has 0 aliphatic heterocycles. The van der Waals surface area contributed by atoms with Crippen LogP contribution in [0, 0.1) is 21.4 Å². The van der Waals surface area contributed by atoms with Crippen LogP contribution in [0.3, 0.4) is 0 Å². The normalized spacial score (nSPS) is 10.9. The van der Waals surface area contributed by atoms with Gasteiger partial charge in [0, 0.05) is 6.20 Å². The van der Waals surface area contributed by atoms with Gasteiger partial charge in [0.1, 0.15) is 6.20 Å². The van der Waals surface area contributed by atoms with E-state index < -0.39 is 34.3 Å². The zero-order valence-corrected chi connectivity index (χ0v) is 7.65. The summed E-state index contributed by atoms with van der Waals surface area (Å²) in [5.74, 6) is 0. The maximum atomic E-state index is 12.4. The highest BCUT2D eigenvalue weighted by Gasteiger charge is 2.37. The van der Waals surface area contributed by atoms with Crippen molar-refractivity contribution in [3.8, 4) is 6.07 Å². The molecular formula is C8H4F3N3O2. The van der Waals surface area contributed by atoms with E-state index in [0.29, 0.717) is 12.4 Å². The Hall–Kier alpha value is -2.17. The lowest BCUT2D eigenvalue weighted by molar-refractivity contribution is -0.386. The van der Waals surface area contributed by atoms with Crippen LogP contribution in [0.2, 0.25) is 0 Å². The molecule has 1 aromatic heterocycles. The minimum absolute atomic E-state index is 0.472. The van der Waals surface area contributed by atoms with Gasteiger partial charge in [-0.2, -0.15) is 18.4 Å². The second kappa shape index (κ2) is 4.14. The van der Waals surface area contributed by atoms with Crippen molar-refractivity contribution in [2.45, 2.75) is 12.6 Å². The molecule has 0 N–H and O–H groups in total. The molecule has 0 unspecified atom stereocenters. The van der Waals surface area contributed by atoms with Gasteiger partial charge in [0.05, 0.1) is 28.5 Å². The first-order valence-electron chi connectivity index (χ1n) is 3.93. The Morgan fingerprint density at radius 2 is 2.12 bits per heavy atom.